The SMILES string of the molecule is CCc1cc2c(=O)n(CC(=O)NN=Cc3ccccc3)cnc2s1. The van der Waals surface area contributed by atoms with Crippen LogP contribution in [0.5, 0.6) is 0 Å². The molecule has 0 aliphatic carbocycles. The number of hydrazone groups is 1. The predicted octanol–water partition coefficient (Wildman–Crippen LogP) is 2.17. The van der Waals surface area contributed by atoms with E-state index in [1.807, 2.05) is 43.3 Å². The number of aryl methyl sites for hydroxylation is 1. The minimum absolute atomic E-state index is 0.120. The third-order valence-corrected chi connectivity index (χ3v) is 4.62. The van der Waals surface area contributed by atoms with E-state index in [4.69, 9.17) is 0 Å². The second kappa shape index (κ2) is 7.18. The Morgan fingerprint density at radius 2 is 2.17 bits per heavy atom. The number of hydrogen-bond donors (Lipinski definition) is 1. The van der Waals surface area contributed by atoms with Crippen LogP contribution in [0.2, 0.25) is 0 Å². The van der Waals surface area contributed by atoms with Crippen LogP contribution < -0.4 is 11.0 Å². The minimum atomic E-state index is -0.378. The molecule has 1 aromatic carbocycles. The van der Waals surface area contributed by atoms with Gasteiger partial charge in [-0.2, -0.15) is 5.10 Å². The number of fused-ring (bicyclic) bond motifs is 1. The molecule has 0 fully saturated rings. The van der Waals surface area contributed by atoms with Gasteiger partial charge in [0.15, 0.2) is 0 Å². The van der Waals surface area contributed by atoms with Crippen LogP contribution in [0.25, 0.3) is 10.2 Å². The Balaban J connectivity index is 1.70. The van der Waals surface area contributed by atoms with Crippen molar-refractivity contribution in [3.8, 4) is 0 Å². The lowest BCUT2D eigenvalue weighted by Crippen LogP contribution is -2.29. The molecule has 24 heavy (non-hydrogen) atoms. The molecular weight excluding hydrogens is 324 g/mol. The summed E-state index contributed by atoms with van der Waals surface area (Å²) < 4.78 is 1.29. The van der Waals surface area contributed by atoms with Gasteiger partial charge in [0.1, 0.15) is 11.4 Å². The third-order valence-electron chi connectivity index (χ3n) is 3.43. The summed E-state index contributed by atoms with van der Waals surface area (Å²) >= 11 is 1.50. The molecule has 2 aromatic heterocycles. The highest BCUT2D eigenvalue weighted by Crippen LogP contribution is 2.20. The molecule has 0 radical (unpaired) electrons. The molecule has 1 amide bonds. The average molecular weight is 340 g/mol. The lowest BCUT2D eigenvalue weighted by molar-refractivity contribution is -0.121. The molecule has 3 aromatic rings. The summed E-state index contributed by atoms with van der Waals surface area (Å²) in [6.45, 7) is 1.91. The van der Waals surface area contributed by atoms with Gasteiger partial charge in [-0.1, -0.05) is 37.3 Å². The van der Waals surface area contributed by atoms with Gasteiger partial charge < -0.3 is 0 Å². The highest BCUT2D eigenvalue weighted by atomic mass is 32.1. The van der Waals surface area contributed by atoms with Crippen LogP contribution in [0, 0.1) is 0 Å². The lowest BCUT2D eigenvalue weighted by Gasteiger charge is -2.03. The first-order valence-electron chi connectivity index (χ1n) is 7.52. The maximum Gasteiger partial charge on any atom is 0.262 e. The standard InChI is InChI=1S/C17H16N4O2S/c1-2-13-8-14-16(24-13)18-11-21(17(14)23)10-15(22)20-19-9-12-6-4-3-5-7-12/h3-9,11H,2,10H2,1H3,(H,20,22). The van der Waals surface area contributed by atoms with Crippen molar-refractivity contribution in [2.24, 2.45) is 5.10 Å². The molecule has 2 heterocycles. The number of benzene rings is 1. The number of nitrogens with zero attached hydrogens (tertiary/aromatic N) is 3. The van der Waals surface area contributed by atoms with Crippen molar-refractivity contribution < 1.29 is 4.79 Å². The normalized spacial score (nSPS) is 11.2. The van der Waals surface area contributed by atoms with Gasteiger partial charge in [-0.3, -0.25) is 14.2 Å². The quantitative estimate of drug-likeness (QED) is 0.571. The first-order valence-corrected chi connectivity index (χ1v) is 8.34. The van der Waals surface area contributed by atoms with Gasteiger partial charge >= 0.3 is 0 Å². The molecule has 122 valence electrons. The number of hydrogen-bond acceptors (Lipinski definition) is 5. The first kappa shape index (κ1) is 16.1. The van der Waals surface area contributed by atoms with Gasteiger partial charge in [-0.25, -0.2) is 10.4 Å². The smallest absolute Gasteiger partial charge is 0.262 e. The van der Waals surface area contributed by atoms with E-state index in [1.54, 1.807) is 6.21 Å². The zero-order valence-electron chi connectivity index (χ0n) is 13.1. The molecule has 0 saturated heterocycles. The molecule has 1 N–H and O–H groups in total. The number of carbonyl (C=O) groups is 1. The van der Waals surface area contributed by atoms with E-state index < -0.39 is 0 Å². The van der Waals surface area contributed by atoms with Gasteiger partial charge in [0.2, 0.25) is 0 Å². The zero-order chi connectivity index (χ0) is 16.9. The Morgan fingerprint density at radius 1 is 1.38 bits per heavy atom. The molecule has 0 bridgehead atoms. The Kier molecular flexibility index (Phi) is 4.81. The Morgan fingerprint density at radius 3 is 2.92 bits per heavy atom. The van der Waals surface area contributed by atoms with Crippen LogP contribution >= 0.6 is 11.3 Å². The van der Waals surface area contributed by atoms with Gasteiger partial charge in [0.05, 0.1) is 17.9 Å². The summed E-state index contributed by atoms with van der Waals surface area (Å²) in [5, 5.41) is 4.44. The maximum atomic E-state index is 12.4. The highest BCUT2D eigenvalue weighted by molar-refractivity contribution is 7.18. The number of nitrogens with one attached hydrogen (secondary N) is 1. The molecule has 3 rings (SSSR count). The maximum absolute atomic E-state index is 12.4. The van der Waals surface area contributed by atoms with E-state index in [1.165, 1.54) is 22.2 Å². The van der Waals surface area contributed by atoms with Crippen LogP contribution in [0.3, 0.4) is 0 Å². The fourth-order valence-corrected chi connectivity index (χ4v) is 3.13. The Labute approximate surface area is 142 Å². The highest BCUT2D eigenvalue weighted by Gasteiger charge is 2.10. The van der Waals surface area contributed by atoms with Crippen LogP contribution in [0.4, 0.5) is 0 Å². The monoisotopic (exact) mass is 340 g/mol. The Hall–Kier alpha value is -2.80. The number of aromatic nitrogens is 2. The van der Waals surface area contributed by atoms with Crippen molar-refractivity contribution >= 4 is 33.7 Å². The summed E-state index contributed by atoms with van der Waals surface area (Å²) in [6.07, 6.45) is 3.81. The van der Waals surface area contributed by atoms with Crippen LogP contribution in [-0.4, -0.2) is 21.7 Å². The van der Waals surface area contributed by atoms with Crippen LogP contribution in [0.15, 0.2) is 52.6 Å². The third kappa shape index (κ3) is 3.57. The summed E-state index contributed by atoms with van der Waals surface area (Å²) in [4.78, 5) is 30.4. The van der Waals surface area contributed by atoms with E-state index in [2.05, 4.69) is 15.5 Å². The van der Waals surface area contributed by atoms with Crippen molar-refractivity contribution in [3.63, 3.8) is 0 Å². The summed E-state index contributed by atoms with van der Waals surface area (Å²) in [5.41, 5.74) is 3.09. The molecule has 6 nitrogen and oxygen atoms in total. The van der Waals surface area contributed by atoms with E-state index >= 15 is 0 Å². The minimum Gasteiger partial charge on any atom is -0.289 e. The second-order valence-corrected chi connectivity index (χ2v) is 6.28. The van der Waals surface area contributed by atoms with Crippen molar-refractivity contribution in [1.29, 1.82) is 0 Å². The number of carbonyl (C=O) groups excluding carboxylic acids is 1. The van der Waals surface area contributed by atoms with Gasteiger partial charge in [-0.15, -0.1) is 11.3 Å². The van der Waals surface area contributed by atoms with Crippen LogP contribution in [-0.2, 0) is 17.8 Å². The Bertz CT molecular complexity index is 944. The van der Waals surface area contributed by atoms with E-state index in [0.29, 0.717) is 10.2 Å². The van der Waals surface area contributed by atoms with Crippen molar-refractivity contribution in [2.45, 2.75) is 19.9 Å². The van der Waals surface area contributed by atoms with E-state index in [0.717, 1.165) is 16.9 Å². The van der Waals surface area contributed by atoms with Gasteiger partial charge in [0, 0.05) is 4.88 Å². The molecule has 0 spiro atoms. The van der Waals surface area contributed by atoms with E-state index in [-0.39, 0.29) is 18.0 Å². The molecule has 0 saturated carbocycles. The molecule has 0 aliphatic heterocycles. The zero-order valence-corrected chi connectivity index (χ0v) is 13.9. The predicted molar refractivity (Wildman–Crippen MR) is 95.4 cm³/mol. The number of rotatable bonds is 5. The van der Waals surface area contributed by atoms with Gasteiger partial charge in [-0.05, 0) is 18.1 Å². The molecule has 7 heteroatoms. The fourth-order valence-electron chi connectivity index (χ4n) is 2.20. The van der Waals surface area contributed by atoms with E-state index in [9.17, 15) is 9.59 Å². The van der Waals surface area contributed by atoms with Crippen molar-refractivity contribution in [3.05, 3.63) is 63.5 Å². The topological polar surface area (TPSA) is 76.3 Å². The molecule has 0 aliphatic rings. The number of thiophene rings is 1. The van der Waals surface area contributed by atoms with Crippen molar-refractivity contribution in [2.75, 3.05) is 0 Å². The molecular formula is C17H16N4O2S. The second-order valence-electron chi connectivity index (χ2n) is 5.17. The summed E-state index contributed by atoms with van der Waals surface area (Å²) in [7, 11) is 0. The average Bonchev–Trinajstić information content (AvgIpc) is 3.03. The summed E-state index contributed by atoms with van der Waals surface area (Å²) in [5.74, 6) is -0.378. The first-order chi connectivity index (χ1) is 11.7. The molecule has 0 atom stereocenters. The molecule has 0 unspecified atom stereocenters. The van der Waals surface area contributed by atoms with Gasteiger partial charge in [0.25, 0.3) is 11.5 Å². The fraction of sp³-hybridized carbons (Fsp3) is 0.176. The number of amides is 1. The largest absolute Gasteiger partial charge is 0.289 e. The lowest BCUT2D eigenvalue weighted by atomic mass is 10.2. The van der Waals surface area contributed by atoms with Crippen molar-refractivity contribution in [1.82, 2.24) is 15.0 Å². The summed E-state index contributed by atoms with van der Waals surface area (Å²) in [6, 6.07) is 11.3. The van der Waals surface area contributed by atoms with Crippen LogP contribution in [0.1, 0.15) is 17.4 Å².